The molecule has 0 bridgehead atoms. The zero-order chi connectivity index (χ0) is 14.8. The predicted molar refractivity (Wildman–Crippen MR) is 82.7 cm³/mol. The third kappa shape index (κ3) is 2.50. The van der Waals surface area contributed by atoms with Gasteiger partial charge in [-0.2, -0.15) is 0 Å². The molecule has 2 aromatic carbocycles. The van der Waals surface area contributed by atoms with Crippen molar-refractivity contribution in [2.24, 2.45) is 0 Å². The van der Waals surface area contributed by atoms with Gasteiger partial charge in [0, 0.05) is 17.1 Å². The zero-order valence-electron chi connectivity index (χ0n) is 11.7. The lowest BCUT2D eigenvalue weighted by molar-refractivity contribution is 0.103. The number of rotatable bonds is 3. The minimum Gasteiger partial charge on any atom is -0.507 e. The Kier molecular flexibility index (Phi) is 3.40. The highest BCUT2D eigenvalue weighted by Crippen LogP contribution is 2.22. The van der Waals surface area contributed by atoms with Crippen molar-refractivity contribution in [3.05, 3.63) is 71.4 Å². The van der Waals surface area contributed by atoms with Crippen LogP contribution < -0.4 is 0 Å². The van der Waals surface area contributed by atoms with E-state index >= 15 is 0 Å². The van der Waals surface area contributed by atoms with Gasteiger partial charge in [0.15, 0.2) is 5.78 Å². The Morgan fingerprint density at radius 3 is 2.71 bits per heavy atom. The maximum atomic E-state index is 12.4. The fraction of sp³-hybridized carbons (Fsp3) is 0.111. The number of carbonyl (C=O) groups excluding carboxylic acids is 1. The van der Waals surface area contributed by atoms with Crippen molar-refractivity contribution in [1.82, 2.24) is 4.98 Å². The van der Waals surface area contributed by atoms with Crippen molar-refractivity contribution in [2.75, 3.05) is 0 Å². The molecule has 0 atom stereocenters. The normalized spacial score (nSPS) is 10.7. The van der Waals surface area contributed by atoms with E-state index in [1.165, 1.54) is 11.6 Å². The van der Waals surface area contributed by atoms with E-state index in [2.05, 4.69) is 11.9 Å². The number of benzene rings is 2. The van der Waals surface area contributed by atoms with Gasteiger partial charge in [0.25, 0.3) is 0 Å². The Hall–Kier alpha value is -2.68. The molecule has 1 N–H and O–H groups in total. The Morgan fingerprint density at radius 2 is 1.95 bits per heavy atom. The third-order valence-electron chi connectivity index (χ3n) is 3.57. The van der Waals surface area contributed by atoms with Gasteiger partial charge in [0.05, 0.1) is 11.1 Å². The molecule has 3 heteroatoms. The molecule has 21 heavy (non-hydrogen) atoms. The summed E-state index contributed by atoms with van der Waals surface area (Å²) in [5.74, 6) is -0.231. The highest BCUT2D eigenvalue weighted by molar-refractivity contribution is 6.11. The van der Waals surface area contributed by atoms with Crippen LogP contribution in [0.3, 0.4) is 0 Å². The van der Waals surface area contributed by atoms with Crippen molar-refractivity contribution in [3.8, 4) is 5.75 Å². The van der Waals surface area contributed by atoms with Gasteiger partial charge >= 0.3 is 0 Å². The van der Waals surface area contributed by atoms with Gasteiger partial charge < -0.3 is 5.11 Å². The first-order valence-corrected chi connectivity index (χ1v) is 6.90. The van der Waals surface area contributed by atoms with Crippen molar-refractivity contribution >= 4 is 16.7 Å². The number of phenols is 1. The van der Waals surface area contributed by atoms with E-state index in [0.29, 0.717) is 11.1 Å². The summed E-state index contributed by atoms with van der Waals surface area (Å²) in [5, 5.41) is 10.7. The summed E-state index contributed by atoms with van der Waals surface area (Å²) in [6.45, 7) is 2.09. The maximum absolute atomic E-state index is 12.4. The molecule has 0 amide bonds. The van der Waals surface area contributed by atoms with Crippen LogP contribution in [-0.4, -0.2) is 15.9 Å². The first kappa shape index (κ1) is 13.3. The highest BCUT2D eigenvalue weighted by Gasteiger charge is 2.13. The minimum absolute atomic E-state index is 0.0103. The molecule has 0 radical (unpaired) electrons. The summed E-state index contributed by atoms with van der Waals surface area (Å²) in [6.07, 6.45) is 2.52. The van der Waals surface area contributed by atoms with E-state index in [-0.39, 0.29) is 11.5 Å². The average molecular weight is 277 g/mol. The minimum atomic E-state index is -0.220. The number of hydrogen-bond donors (Lipinski definition) is 1. The number of aromatic hydroxyl groups is 1. The SMILES string of the molecule is CCc1ccc2cc(C(=O)c3ccccc3O)cnc2c1. The Morgan fingerprint density at radius 1 is 1.14 bits per heavy atom. The Balaban J connectivity index is 2.05. The van der Waals surface area contributed by atoms with Crippen LogP contribution in [0.5, 0.6) is 5.75 Å². The maximum Gasteiger partial charge on any atom is 0.198 e. The number of ketones is 1. The summed E-state index contributed by atoms with van der Waals surface area (Å²) >= 11 is 0. The lowest BCUT2D eigenvalue weighted by atomic mass is 10.0. The van der Waals surface area contributed by atoms with Gasteiger partial charge in [0.2, 0.25) is 0 Å². The van der Waals surface area contributed by atoms with E-state index in [1.54, 1.807) is 24.4 Å². The lowest BCUT2D eigenvalue weighted by Crippen LogP contribution is -2.02. The number of phenolic OH excluding ortho intramolecular Hbond substituents is 1. The number of nitrogens with zero attached hydrogens (tertiary/aromatic N) is 1. The van der Waals surface area contributed by atoms with Gasteiger partial charge in [-0.1, -0.05) is 31.2 Å². The molecule has 1 aromatic heterocycles. The van der Waals surface area contributed by atoms with Crippen molar-refractivity contribution in [3.63, 3.8) is 0 Å². The smallest absolute Gasteiger partial charge is 0.198 e. The number of carbonyl (C=O) groups is 1. The molecule has 0 aliphatic rings. The molecule has 0 aliphatic heterocycles. The highest BCUT2D eigenvalue weighted by atomic mass is 16.3. The molecule has 0 spiro atoms. The molecule has 0 unspecified atom stereocenters. The van der Waals surface area contributed by atoms with Crippen LogP contribution in [0.1, 0.15) is 28.4 Å². The standard InChI is InChI=1S/C18H15NO2/c1-2-12-7-8-13-10-14(11-19-16(13)9-12)18(21)15-5-3-4-6-17(15)20/h3-11,20H,2H2,1H3. The average Bonchev–Trinajstić information content (AvgIpc) is 2.53. The summed E-state index contributed by atoms with van der Waals surface area (Å²) < 4.78 is 0. The van der Waals surface area contributed by atoms with Crippen molar-refractivity contribution < 1.29 is 9.90 Å². The second-order valence-electron chi connectivity index (χ2n) is 4.95. The molecule has 0 aliphatic carbocycles. The van der Waals surface area contributed by atoms with E-state index in [1.807, 2.05) is 24.3 Å². The second-order valence-corrected chi connectivity index (χ2v) is 4.95. The fourth-order valence-electron chi connectivity index (χ4n) is 2.33. The number of para-hydroxylation sites is 1. The first-order valence-electron chi connectivity index (χ1n) is 6.90. The molecule has 104 valence electrons. The van der Waals surface area contributed by atoms with Gasteiger partial charge in [-0.25, -0.2) is 0 Å². The first-order chi connectivity index (χ1) is 10.2. The number of aromatic nitrogens is 1. The Labute approximate surface area is 122 Å². The molecule has 3 nitrogen and oxygen atoms in total. The second kappa shape index (κ2) is 5.37. The van der Waals surface area contributed by atoms with Crippen LogP contribution >= 0.6 is 0 Å². The van der Waals surface area contributed by atoms with Crippen LogP contribution in [0.2, 0.25) is 0 Å². The number of fused-ring (bicyclic) bond motifs is 1. The molecule has 0 saturated heterocycles. The predicted octanol–water partition coefficient (Wildman–Crippen LogP) is 3.73. The van der Waals surface area contributed by atoms with Gasteiger partial charge in [0.1, 0.15) is 5.75 Å². The lowest BCUT2D eigenvalue weighted by Gasteiger charge is -2.05. The van der Waals surface area contributed by atoms with Crippen LogP contribution in [0, 0.1) is 0 Å². The number of aryl methyl sites for hydroxylation is 1. The fourth-order valence-corrected chi connectivity index (χ4v) is 2.33. The van der Waals surface area contributed by atoms with Crippen LogP contribution in [0.25, 0.3) is 10.9 Å². The summed E-state index contributed by atoms with van der Waals surface area (Å²) in [4.78, 5) is 16.8. The summed E-state index contributed by atoms with van der Waals surface area (Å²) in [6, 6.07) is 14.4. The van der Waals surface area contributed by atoms with Crippen LogP contribution in [-0.2, 0) is 6.42 Å². The zero-order valence-corrected chi connectivity index (χ0v) is 11.7. The van der Waals surface area contributed by atoms with E-state index in [4.69, 9.17) is 0 Å². The van der Waals surface area contributed by atoms with E-state index in [9.17, 15) is 9.90 Å². The van der Waals surface area contributed by atoms with E-state index in [0.717, 1.165) is 17.3 Å². The molecule has 0 saturated carbocycles. The molecule has 3 rings (SSSR count). The summed E-state index contributed by atoms with van der Waals surface area (Å²) in [7, 11) is 0. The third-order valence-corrected chi connectivity index (χ3v) is 3.57. The topological polar surface area (TPSA) is 50.2 Å². The molecule has 1 heterocycles. The van der Waals surface area contributed by atoms with Crippen LogP contribution in [0.4, 0.5) is 0 Å². The summed E-state index contributed by atoms with van der Waals surface area (Å²) in [5.41, 5.74) is 2.87. The number of pyridine rings is 1. The quantitative estimate of drug-likeness (QED) is 0.742. The van der Waals surface area contributed by atoms with Gasteiger partial charge in [-0.05, 0) is 36.2 Å². The molecular weight excluding hydrogens is 262 g/mol. The molecule has 0 fully saturated rings. The van der Waals surface area contributed by atoms with Crippen molar-refractivity contribution in [1.29, 1.82) is 0 Å². The number of hydrogen-bond acceptors (Lipinski definition) is 3. The molecule has 3 aromatic rings. The largest absolute Gasteiger partial charge is 0.507 e. The Bertz CT molecular complexity index is 824. The van der Waals surface area contributed by atoms with Gasteiger partial charge in [-0.15, -0.1) is 0 Å². The van der Waals surface area contributed by atoms with Crippen molar-refractivity contribution in [2.45, 2.75) is 13.3 Å². The van der Waals surface area contributed by atoms with Crippen LogP contribution in [0.15, 0.2) is 54.7 Å². The van der Waals surface area contributed by atoms with Gasteiger partial charge in [-0.3, -0.25) is 9.78 Å². The monoisotopic (exact) mass is 277 g/mol. The van der Waals surface area contributed by atoms with E-state index < -0.39 is 0 Å². The molecular formula is C18H15NO2.